The summed E-state index contributed by atoms with van der Waals surface area (Å²) in [6.45, 7) is 4.96. The molecule has 19 heavy (non-hydrogen) atoms. The van der Waals surface area contributed by atoms with E-state index in [9.17, 15) is 13.6 Å². The number of anilines is 1. The summed E-state index contributed by atoms with van der Waals surface area (Å²) in [4.78, 5) is 13.8. The minimum Gasteiger partial charge on any atom is -0.396 e. The Morgan fingerprint density at radius 2 is 1.89 bits per heavy atom. The standard InChI is InChI=1S/C13H16F2N2OS/c1-7-5-17(6-8(2)19-7)13(18)11-9(14)3-4-10(16)12(11)15/h3-4,7-8H,5-6,16H2,1-2H3. The quantitative estimate of drug-likeness (QED) is 0.807. The summed E-state index contributed by atoms with van der Waals surface area (Å²) < 4.78 is 27.5. The number of nitrogens with two attached hydrogens (primary N) is 1. The molecule has 1 saturated heterocycles. The van der Waals surface area contributed by atoms with Crippen molar-refractivity contribution in [1.82, 2.24) is 4.90 Å². The van der Waals surface area contributed by atoms with Crippen LogP contribution in [-0.2, 0) is 0 Å². The Labute approximate surface area is 115 Å². The van der Waals surface area contributed by atoms with Gasteiger partial charge in [0.15, 0.2) is 5.82 Å². The molecule has 1 aromatic carbocycles. The van der Waals surface area contributed by atoms with Gasteiger partial charge in [0.2, 0.25) is 0 Å². The lowest BCUT2D eigenvalue weighted by Gasteiger charge is -2.34. The summed E-state index contributed by atoms with van der Waals surface area (Å²) >= 11 is 1.76. The number of benzene rings is 1. The van der Waals surface area contributed by atoms with E-state index in [1.54, 1.807) is 11.8 Å². The minimum absolute atomic E-state index is 0.211. The van der Waals surface area contributed by atoms with E-state index in [2.05, 4.69) is 0 Å². The van der Waals surface area contributed by atoms with E-state index in [1.165, 1.54) is 4.90 Å². The normalized spacial score (nSPS) is 23.5. The molecule has 2 atom stereocenters. The molecule has 0 saturated carbocycles. The number of halogens is 2. The average molecular weight is 286 g/mol. The molecule has 1 aliphatic rings. The van der Waals surface area contributed by atoms with Gasteiger partial charge in [0.05, 0.1) is 5.69 Å². The molecule has 6 heteroatoms. The van der Waals surface area contributed by atoms with Crippen LogP contribution in [0.15, 0.2) is 12.1 Å². The number of carbonyl (C=O) groups excluding carboxylic acids is 1. The fourth-order valence-corrected chi connectivity index (χ4v) is 3.59. The third kappa shape index (κ3) is 2.83. The first-order chi connectivity index (χ1) is 8.90. The van der Waals surface area contributed by atoms with Gasteiger partial charge in [-0.2, -0.15) is 11.8 Å². The number of hydrogen-bond acceptors (Lipinski definition) is 3. The molecule has 2 N–H and O–H groups in total. The molecule has 3 nitrogen and oxygen atoms in total. The fraction of sp³-hybridized carbons (Fsp3) is 0.462. The molecule has 0 bridgehead atoms. The van der Waals surface area contributed by atoms with Crippen molar-refractivity contribution in [2.75, 3.05) is 18.8 Å². The van der Waals surface area contributed by atoms with Crippen molar-refractivity contribution in [3.05, 3.63) is 29.3 Å². The minimum atomic E-state index is -0.969. The van der Waals surface area contributed by atoms with Gasteiger partial charge in [-0.1, -0.05) is 13.8 Å². The predicted molar refractivity (Wildman–Crippen MR) is 73.2 cm³/mol. The van der Waals surface area contributed by atoms with Crippen LogP contribution in [0.4, 0.5) is 14.5 Å². The Morgan fingerprint density at radius 3 is 2.47 bits per heavy atom. The maximum Gasteiger partial charge on any atom is 0.259 e. The zero-order valence-electron chi connectivity index (χ0n) is 10.8. The molecule has 2 rings (SSSR count). The van der Waals surface area contributed by atoms with E-state index in [-0.39, 0.29) is 16.2 Å². The maximum absolute atomic E-state index is 13.8. The number of amides is 1. The van der Waals surface area contributed by atoms with E-state index >= 15 is 0 Å². The van der Waals surface area contributed by atoms with Crippen molar-refractivity contribution in [1.29, 1.82) is 0 Å². The van der Waals surface area contributed by atoms with Gasteiger partial charge in [0, 0.05) is 23.6 Å². The maximum atomic E-state index is 13.8. The number of thioether (sulfide) groups is 1. The van der Waals surface area contributed by atoms with Crippen LogP contribution in [0, 0.1) is 11.6 Å². The molecule has 1 aromatic rings. The summed E-state index contributed by atoms with van der Waals surface area (Å²) in [5, 5.41) is 0.500. The number of nitrogens with zero attached hydrogens (tertiary/aromatic N) is 1. The number of rotatable bonds is 1. The van der Waals surface area contributed by atoms with Gasteiger partial charge in [-0.25, -0.2) is 8.78 Å². The van der Waals surface area contributed by atoms with E-state index in [1.807, 2.05) is 13.8 Å². The molecule has 0 aromatic heterocycles. The Kier molecular flexibility index (Phi) is 3.99. The molecular weight excluding hydrogens is 270 g/mol. The van der Waals surface area contributed by atoms with Gasteiger partial charge >= 0.3 is 0 Å². The lowest BCUT2D eigenvalue weighted by Crippen LogP contribution is -2.44. The molecule has 1 amide bonds. The molecule has 0 aliphatic carbocycles. The lowest BCUT2D eigenvalue weighted by atomic mass is 10.1. The Hall–Kier alpha value is -1.30. The van der Waals surface area contributed by atoms with Gasteiger partial charge in [-0.3, -0.25) is 4.79 Å². The Balaban J connectivity index is 2.32. The largest absolute Gasteiger partial charge is 0.396 e. The molecule has 2 unspecified atom stereocenters. The van der Waals surface area contributed by atoms with Crippen molar-refractivity contribution in [2.24, 2.45) is 0 Å². The van der Waals surface area contributed by atoms with Crippen molar-refractivity contribution >= 4 is 23.4 Å². The van der Waals surface area contributed by atoms with Crippen LogP contribution >= 0.6 is 11.8 Å². The van der Waals surface area contributed by atoms with Gasteiger partial charge in [0.25, 0.3) is 5.91 Å². The average Bonchev–Trinajstić information content (AvgIpc) is 2.33. The van der Waals surface area contributed by atoms with Crippen LogP contribution in [-0.4, -0.2) is 34.4 Å². The summed E-state index contributed by atoms with van der Waals surface area (Å²) in [5.41, 5.74) is 4.63. The predicted octanol–water partition coefficient (Wildman–Crippen LogP) is 2.51. The summed E-state index contributed by atoms with van der Waals surface area (Å²) in [6.07, 6.45) is 0. The first-order valence-corrected chi connectivity index (χ1v) is 7.02. The number of hydrogen-bond donors (Lipinski definition) is 1. The van der Waals surface area contributed by atoms with Crippen molar-refractivity contribution in [3.8, 4) is 0 Å². The topological polar surface area (TPSA) is 46.3 Å². The second kappa shape index (κ2) is 5.36. The highest BCUT2D eigenvalue weighted by Crippen LogP contribution is 2.27. The van der Waals surface area contributed by atoms with Crippen molar-refractivity contribution < 1.29 is 13.6 Å². The monoisotopic (exact) mass is 286 g/mol. The van der Waals surface area contributed by atoms with E-state index in [0.717, 1.165) is 12.1 Å². The SMILES string of the molecule is CC1CN(C(=O)c2c(F)ccc(N)c2F)CC(C)S1. The van der Waals surface area contributed by atoms with Gasteiger partial charge in [-0.15, -0.1) is 0 Å². The second-order valence-corrected chi connectivity index (χ2v) is 6.67. The second-order valence-electron chi connectivity index (χ2n) is 4.79. The smallest absolute Gasteiger partial charge is 0.259 e. The zero-order valence-corrected chi connectivity index (χ0v) is 11.6. The van der Waals surface area contributed by atoms with Crippen LogP contribution in [0.2, 0.25) is 0 Å². The number of nitrogen functional groups attached to an aromatic ring is 1. The molecule has 1 heterocycles. The lowest BCUT2D eigenvalue weighted by molar-refractivity contribution is 0.0743. The summed E-state index contributed by atoms with van der Waals surface area (Å²) in [7, 11) is 0. The zero-order chi connectivity index (χ0) is 14.2. The molecule has 1 fully saturated rings. The van der Waals surface area contributed by atoms with Gasteiger partial charge in [0.1, 0.15) is 11.4 Å². The molecular formula is C13H16F2N2OS. The molecule has 1 aliphatic heterocycles. The van der Waals surface area contributed by atoms with Crippen molar-refractivity contribution in [3.63, 3.8) is 0 Å². The van der Waals surface area contributed by atoms with Gasteiger partial charge < -0.3 is 10.6 Å². The summed E-state index contributed by atoms with van der Waals surface area (Å²) in [5.74, 6) is -2.46. The fourth-order valence-electron chi connectivity index (χ4n) is 2.27. The van der Waals surface area contributed by atoms with Gasteiger partial charge in [-0.05, 0) is 12.1 Å². The molecule has 0 radical (unpaired) electrons. The van der Waals surface area contributed by atoms with Crippen LogP contribution in [0.1, 0.15) is 24.2 Å². The van der Waals surface area contributed by atoms with Crippen LogP contribution in [0.25, 0.3) is 0 Å². The van der Waals surface area contributed by atoms with E-state index < -0.39 is 23.1 Å². The third-order valence-electron chi connectivity index (χ3n) is 3.04. The third-order valence-corrected chi connectivity index (χ3v) is 4.27. The molecule has 0 spiro atoms. The van der Waals surface area contributed by atoms with Crippen molar-refractivity contribution in [2.45, 2.75) is 24.3 Å². The van der Waals surface area contributed by atoms with Crippen LogP contribution in [0.3, 0.4) is 0 Å². The van der Waals surface area contributed by atoms with E-state index in [0.29, 0.717) is 13.1 Å². The first kappa shape index (κ1) is 14.1. The number of carbonyl (C=O) groups is 1. The Morgan fingerprint density at radius 1 is 1.32 bits per heavy atom. The first-order valence-electron chi connectivity index (χ1n) is 6.08. The van der Waals surface area contributed by atoms with E-state index in [4.69, 9.17) is 5.73 Å². The highest BCUT2D eigenvalue weighted by Gasteiger charge is 2.30. The summed E-state index contributed by atoms with van der Waals surface area (Å²) in [6, 6.07) is 2.15. The highest BCUT2D eigenvalue weighted by molar-refractivity contribution is 8.00. The highest BCUT2D eigenvalue weighted by atomic mass is 32.2. The molecule has 104 valence electrons. The Bertz CT molecular complexity index is 500. The van der Waals surface area contributed by atoms with Crippen LogP contribution < -0.4 is 5.73 Å². The van der Waals surface area contributed by atoms with Crippen LogP contribution in [0.5, 0.6) is 0 Å².